The number of amides is 1. The zero-order valence-electron chi connectivity index (χ0n) is 15.1. The second kappa shape index (κ2) is 9.31. The molecule has 0 aliphatic carbocycles. The highest BCUT2D eigenvalue weighted by molar-refractivity contribution is 8.00. The molecule has 2 N–H and O–H groups in total. The van der Waals surface area contributed by atoms with Crippen LogP contribution >= 0.6 is 11.8 Å². The van der Waals surface area contributed by atoms with Crippen LogP contribution in [0.4, 0.5) is 4.39 Å². The first-order chi connectivity index (χ1) is 12.8. The summed E-state index contributed by atoms with van der Waals surface area (Å²) in [6.45, 7) is 3.46. The van der Waals surface area contributed by atoms with Crippen molar-refractivity contribution in [3.05, 3.63) is 57.8 Å². The van der Waals surface area contributed by atoms with Crippen LogP contribution in [-0.2, 0) is 20.7 Å². The van der Waals surface area contributed by atoms with E-state index in [1.165, 1.54) is 25.3 Å². The molecule has 2 rings (SSSR count). The molecule has 0 bridgehead atoms. The molecule has 0 saturated heterocycles. The molecular weight excluding hydrogens is 373 g/mol. The lowest BCUT2D eigenvalue weighted by Gasteiger charge is -2.17. The number of rotatable bonds is 7. The molecule has 27 heavy (non-hydrogen) atoms. The van der Waals surface area contributed by atoms with Gasteiger partial charge in [-0.05, 0) is 31.5 Å². The van der Waals surface area contributed by atoms with Gasteiger partial charge in [0, 0.05) is 6.07 Å². The quantitative estimate of drug-likeness (QED) is 0.424. The average Bonchev–Trinajstić information content (AvgIpc) is 2.61. The molecule has 1 aromatic heterocycles. The molecule has 2 aromatic rings. The molecular formula is C18H20FN3O4S. The molecule has 7 nitrogen and oxygen atoms in total. The number of nitrogens with one attached hydrogen (secondary N) is 2. The predicted molar refractivity (Wildman–Crippen MR) is 98.9 cm³/mol. The zero-order chi connectivity index (χ0) is 20.0. The van der Waals surface area contributed by atoms with E-state index >= 15 is 0 Å². The van der Waals surface area contributed by atoms with Gasteiger partial charge < -0.3 is 15.0 Å². The van der Waals surface area contributed by atoms with Crippen molar-refractivity contribution >= 4 is 23.6 Å². The number of aromatic amines is 1. The summed E-state index contributed by atoms with van der Waals surface area (Å²) < 4.78 is 17.6. The molecule has 0 fully saturated rings. The van der Waals surface area contributed by atoms with Crippen molar-refractivity contribution in [2.75, 3.05) is 7.11 Å². The second-order valence-electron chi connectivity index (χ2n) is 5.84. The first-order valence-corrected chi connectivity index (χ1v) is 9.06. The lowest BCUT2D eigenvalue weighted by molar-refractivity contribution is -0.139. The maximum atomic E-state index is 13.0. The van der Waals surface area contributed by atoms with E-state index in [9.17, 15) is 18.8 Å². The van der Waals surface area contributed by atoms with Crippen LogP contribution < -0.4 is 10.9 Å². The normalized spacial score (nSPS) is 12.9. The molecule has 9 heteroatoms. The Balaban J connectivity index is 2.02. The SMILES string of the molecule is COC(=O)Cc1cc(=O)[nH]c(S[C@H](C)C(=O)N[C@H](C)c2ccc(F)cc2)n1. The summed E-state index contributed by atoms with van der Waals surface area (Å²) in [6.07, 6.45) is -0.129. The molecule has 2 atom stereocenters. The van der Waals surface area contributed by atoms with E-state index in [0.717, 1.165) is 17.3 Å². The highest BCUT2D eigenvalue weighted by atomic mass is 32.2. The molecule has 0 saturated carbocycles. The van der Waals surface area contributed by atoms with Crippen LogP contribution in [0, 0.1) is 5.82 Å². The maximum absolute atomic E-state index is 13.0. The number of hydrogen-bond donors (Lipinski definition) is 2. The number of carbonyl (C=O) groups is 2. The van der Waals surface area contributed by atoms with Gasteiger partial charge >= 0.3 is 5.97 Å². The van der Waals surface area contributed by atoms with Gasteiger partial charge in [-0.15, -0.1) is 0 Å². The number of halogens is 1. The van der Waals surface area contributed by atoms with Gasteiger partial charge in [-0.25, -0.2) is 9.37 Å². The molecule has 0 aliphatic rings. The van der Waals surface area contributed by atoms with E-state index in [0.29, 0.717) is 0 Å². The summed E-state index contributed by atoms with van der Waals surface area (Å²) in [5.41, 5.74) is 0.618. The van der Waals surface area contributed by atoms with Crippen molar-refractivity contribution in [2.45, 2.75) is 36.7 Å². The number of benzene rings is 1. The highest BCUT2D eigenvalue weighted by Gasteiger charge is 2.19. The Morgan fingerprint density at radius 3 is 2.59 bits per heavy atom. The Hall–Kier alpha value is -2.68. The molecule has 144 valence electrons. The van der Waals surface area contributed by atoms with Gasteiger partial charge in [0.05, 0.1) is 30.5 Å². The van der Waals surface area contributed by atoms with Gasteiger partial charge in [0.2, 0.25) is 5.91 Å². The van der Waals surface area contributed by atoms with Crippen LogP contribution in [0.3, 0.4) is 0 Å². The van der Waals surface area contributed by atoms with Gasteiger partial charge in [-0.3, -0.25) is 14.4 Å². The maximum Gasteiger partial charge on any atom is 0.311 e. The first kappa shape index (κ1) is 20.6. The minimum Gasteiger partial charge on any atom is -0.469 e. The van der Waals surface area contributed by atoms with Crippen molar-refractivity contribution in [1.82, 2.24) is 15.3 Å². The smallest absolute Gasteiger partial charge is 0.311 e. The van der Waals surface area contributed by atoms with Crippen LogP contribution in [0.1, 0.15) is 31.1 Å². The number of aromatic nitrogens is 2. The topological polar surface area (TPSA) is 101 Å². The number of hydrogen-bond acceptors (Lipinski definition) is 6. The van der Waals surface area contributed by atoms with Crippen molar-refractivity contribution < 1.29 is 18.7 Å². The minimum atomic E-state index is -0.551. The van der Waals surface area contributed by atoms with E-state index in [4.69, 9.17) is 0 Å². The lowest BCUT2D eigenvalue weighted by Crippen LogP contribution is -2.33. The standard InChI is InChI=1S/C18H20FN3O4S/c1-10(12-4-6-13(19)7-5-12)20-17(25)11(2)27-18-21-14(8-15(23)22-18)9-16(24)26-3/h4-8,10-11H,9H2,1-3H3,(H,20,25)(H,21,22,23)/t10-,11-/m1/s1. The fourth-order valence-corrected chi connectivity index (χ4v) is 3.08. The molecule has 0 aliphatic heterocycles. The lowest BCUT2D eigenvalue weighted by atomic mass is 10.1. The van der Waals surface area contributed by atoms with E-state index < -0.39 is 16.8 Å². The molecule has 0 radical (unpaired) electrons. The Morgan fingerprint density at radius 2 is 1.96 bits per heavy atom. The van der Waals surface area contributed by atoms with E-state index in [1.807, 2.05) is 0 Å². The predicted octanol–water partition coefficient (Wildman–Crippen LogP) is 1.98. The fourth-order valence-electron chi connectivity index (χ4n) is 2.24. The van der Waals surface area contributed by atoms with E-state index in [1.54, 1.807) is 26.0 Å². The van der Waals surface area contributed by atoms with Gasteiger partial charge in [0.15, 0.2) is 5.16 Å². The largest absolute Gasteiger partial charge is 0.469 e. The van der Waals surface area contributed by atoms with Gasteiger partial charge in [-0.1, -0.05) is 23.9 Å². The number of thioether (sulfide) groups is 1. The third kappa shape index (κ3) is 6.21. The number of nitrogens with zero attached hydrogens (tertiary/aromatic N) is 1. The molecule has 0 unspecified atom stereocenters. The summed E-state index contributed by atoms with van der Waals surface area (Å²) in [6, 6.07) is 6.78. The number of methoxy groups -OCH3 is 1. The monoisotopic (exact) mass is 393 g/mol. The Bertz CT molecular complexity index is 870. The number of ether oxygens (including phenoxy) is 1. The zero-order valence-corrected chi connectivity index (χ0v) is 15.9. The van der Waals surface area contributed by atoms with Crippen molar-refractivity contribution in [3.8, 4) is 0 Å². The second-order valence-corrected chi connectivity index (χ2v) is 7.17. The molecule has 1 heterocycles. The number of esters is 1. The van der Waals surface area contributed by atoms with Gasteiger partial charge in [-0.2, -0.15) is 0 Å². The first-order valence-electron chi connectivity index (χ1n) is 8.18. The Labute approximate surface area is 159 Å². The van der Waals surface area contributed by atoms with Gasteiger partial charge in [0.25, 0.3) is 5.56 Å². The van der Waals surface area contributed by atoms with E-state index in [2.05, 4.69) is 20.0 Å². The van der Waals surface area contributed by atoms with Crippen LogP contribution in [0.5, 0.6) is 0 Å². The highest BCUT2D eigenvalue weighted by Crippen LogP contribution is 2.20. The third-order valence-electron chi connectivity index (χ3n) is 3.71. The Kier molecular flexibility index (Phi) is 7.12. The van der Waals surface area contributed by atoms with Crippen LogP contribution in [0.2, 0.25) is 0 Å². The number of carbonyl (C=O) groups excluding carboxylic acids is 2. The van der Waals surface area contributed by atoms with Crippen LogP contribution in [0.15, 0.2) is 40.3 Å². The van der Waals surface area contributed by atoms with Gasteiger partial charge in [0.1, 0.15) is 5.82 Å². The average molecular weight is 393 g/mol. The summed E-state index contributed by atoms with van der Waals surface area (Å²) in [4.78, 5) is 42.2. The summed E-state index contributed by atoms with van der Waals surface area (Å²) in [7, 11) is 1.25. The molecule has 0 spiro atoms. The van der Waals surface area contributed by atoms with E-state index in [-0.39, 0.29) is 35.0 Å². The fraction of sp³-hybridized carbons (Fsp3) is 0.333. The van der Waals surface area contributed by atoms with Crippen LogP contribution in [0.25, 0.3) is 0 Å². The summed E-state index contributed by atoms with van der Waals surface area (Å²) in [5, 5.41) is 2.51. The van der Waals surface area contributed by atoms with Crippen molar-refractivity contribution in [2.24, 2.45) is 0 Å². The summed E-state index contributed by atoms with van der Waals surface area (Å²) in [5.74, 6) is -1.12. The summed E-state index contributed by atoms with van der Waals surface area (Å²) >= 11 is 1.06. The third-order valence-corrected chi connectivity index (χ3v) is 4.70. The molecule has 1 amide bonds. The minimum absolute atomic E-state index is 0.129. The van der Waals surface area contributed by atoms with Crippen molar-refractivity contribution in [3.63, 3.8) is 0 Å². The number of H-pyrrole nitrogens is 1. The van der Waals surface area contributed by atoms with Crippen molar-refractivity contribution in [1.29, 1.82) is 0 Å². The Morgan fingerprint density at radius 1 is 1.30 bits per heavy atom. The molecule has 1 aromatic carbocycles. The van der Waals surface area contributed by atoms with Crippen LogP contribution in [-0.4, -0.2) is 34.2 Å².